The molecule has 2 amide bonds. The number of carbonyl (C=O) groups excluding carboxylic acids is 2. The van der Waals surface area contributed by atoms with Crippen LogP contribution in [-0.2, 0) is 11.3 Å². The van der Waals surface area contributed by atoms with E-state index < -0.39 is 0 Å². The average Bonchev–Trinajstić information content (AvgIpc) is 3.28. The minimum absolute atomic E-state index is 0.0176. The molecule has 1 N–H and O–H groups in total. The summed E-state index contributed by atoms with van der Waals surface area (Å²) in [6, 6.07) is 7.45. The van der Waals surface area contributed by atoms with Gasteiger partial charge in [0.2, 0.25) is 5.91 Å². The molecule has 2 aliphatic rings. The molecule has 2 aliphatic heterocycles. The van der Waals surface area contributed by atoms with Gasteiger partial charge in [-0.1, -0.05) is 6.07 Å². The fourth-order valence-corrected chi connectivity index (χ4v) is 3.60. The van der Waals surface area contributed by atoms with E-state index in [4.69, 9.17) is 0 Å². The van der Waals surface area contributed by atoms with Gasteiger partial charge in [0.15, 0.2) is 0 Å². The molecule has 6 nitrogen and oxygen atoms in total. The molecule has 0 bridgehead atoms. The highest BCUT2D eigenvalue weighted by atomic mass is 16.2. The molecular weight excluding hydrogens is 292 g/mol. The topological polar surface area (TPSA) is 69.3 Å². The maximum absolute atomic E-state index is 12.6. The second-order valence-electron chi connectivity index (χ2n) is 6.24. The fraction of sp³-hybridized carbons (Fsp3) is 0.353. The Labute approximate surface area is 134 Å². The van der Waals surface area contributed by atoms with Crippen LogP contribution in [0.2, 0.25) is 0 Å². The summed E-state index contributed by atoms with van der Waals surface area (Å²) in [5.41, 5.74) is 1.63. The zero-order valence-corrected chi connectivity index (χ0v) is 12.7. The molecule has 6 heteroatoms. The lowest BCUT2D eigenvalue weighted by Gasteiger charge is -2.21. The number of nitrogens with one attached hydrogen (secondary N) is 1. The molecule has 0 saturated carbocycles. The van der Waals surface area contributed by atoms with Crippen molar-refractivity contribution in [1.29, 1.82) is 0 Å². The van der Waals surface area contributed by atoms with Gasteiger partial charge in [0.25, 0.3) is 5.91 Å². The standard InChI is InChI=1S/C17H18N4O2/c22-16-14-11-21(17(23)15-4-2-6-19-15)10-13(14)9-20(16)8-12-3-1-5-18-7-12/h1-7,13-14,19H,8-11H2/t13-,14-/m1/s1. The van der Waals surface area contributed by atoms with Crippen LogP contribution in [0.1, 0.15) is 16.1 Å². The third-order valence-corrected chi connectivity index (χ3v) is 4.74. The maximum Gasteiger partial charge on any atom is 0.270 e. The number of carbonyl (C=O) groups is 2. The molecule has 2 atom stereocenters. The fourth-order valence-electron chi connectivity index (χ4n) is 3.60. The van der Waals surface area contributed by atoms with Crippen LogP contribution in [0.3, 0.4) is 0 Å². The van der Waals surface area contributed by atoms with Crippen molar-refractivity contribution in [2.45, 2.75) is 6.54 Å². The summed E-state index contributed by atoms with van der Waals surface area (Å²) < 4.78 is 0. The van der Waals surface area contributed by atoms with E-state index in [1.165, 1.54) is 0 Å². The van der Waals surface area contributed by atoms with E-state index in [-0.39, 0.29) is 23.7 Å². The highest BCUT2D eigenvalue weighted by Gasteiger charge is 2.47. The molecule has 0 aliphatic carbocycles. The van der Waals surface area contributed by atoms with Crippen molar-refractivity contribution < 1.29 is 9.59 Å². The third kappa shape index (κ3) is 2.50. The van der Waals surface area contributed by atoms with Crippen LogP contribution in [-0.4, -0.2) is 51.2 Å². The Bertz CT molecular complexity index is 713. The first kappa shape index (κ1) is 14.0. The molecule has 2 fully saturated rings. The smallest absolute Gasteiger partial charge is 0.270 e. The van der Waals surface area contributed by atoms with E-state index >= 15 is 0 Å². The first-order chi connectivity index (χ1) is 11.2. The average molecular weight is 310 g/mol. The number of hydrogen-bond donors (Lipinski definition) is 1. The molecule has 118 valence electrons. The van der Waals surface area contributed by atoms with Gasteiger partial charge >= 0.3 is 0 Å². The largest absolute Gasteiger partial charge is 0.357 e. The van der Waals surface area contributed by atoms with Crippen molar-refractivity contribution >= 4 is 11.8 Å². The highest BCUT2D eigenvalue weighted by molar-refractivity contribution is 5.93. The van der Waals surface area contributed by atoms with Crippen molar-refractivity contribution in [3.63, 3.8) is 0 Å². The normalized spacial score (nSPS) is 23.4. The second-order valence-corrected chi connectivity index (χ2v) is 6.24. The summed E-state index contributed by atoms with van der Waals surface area (Å²) in [7, 11) is 0. The molecule has 0 radical (unpaired) electrons. The second kappa shape index (κ2) is 5.53. The summed E-state index contributed by atoms with van der Waals surface area (Å²) in [5, 5.41) is 0. The monoisotopic (exact) mass is 310 g/mol. The Morgan fingerprint density at radius 1 is 1.26 bits per heavy atom. The molecule has 4 heterocycles. The number of amides is 2. The van der Waals surface area contributed by atoms with E-state index in [0.29, 0.717) is 31.9 Å². The Morgan fingerprint density at radius 3 is 2.87 bits per heavy atom. The number of H-pyrrole nitrogens is 1. The Kier molecular flexibility index (Phi) is 3.37. The van der Waals surface area contributed by atoms with E-state index in [0.717, 1.165) is 5.56 Å². The zero-order chi connectivity index (χ0) is 15.8. The molecular formula is C17H18N4O2. The minimum atomic E-state index is -0.0643. The molecule has 2 aromatic heterocycles. The number of nitrogens with zero attached hydrogens (tertiary/aromatic N) is 3. The number of aromatic amines is 1. The minimum Gasteiger partial charge on any atom is -0.357 e. The van der Waals surface area contributed by atoms with Crippen LogP contribution >= 0.6 is 0 Å². The van der Waals surface area contributed by atoms with Gasteiger partial charge in [0.1, 0.15) is 5.69 Å². The van der Waals surface area contributed by atoms with Crippen LogP contribution in [0.25, 0.3) is 0 Å². The number of hydrogen-bond acceptors (Lipinski definition) is 3. The van der Waals surface area contributed by atoms with Crippen LogP contribution in [0.15, 0.2) is 42.9 Å². The zero-order valence-electron chi connectivity index (χ0n) is 12.7. The lowest BCUT2D eigenvalue weighted by Crippen LogP contribution is -2.35. The van der Waals surface area contributed by atoms with Gasteiger partial charge in [-0.15, -0.1) is 0 Å². The van der Waals surface area contributed by atoms with Crippen molar-refractivity contribution in [3.8, 4) is 0 Å². The van der Waals surface area contributed by atoms with Gasteiger partial charge in [-0.05, 0) is 23.8 Å². The van der Waals surface area contributed by atoms with Crippen LogP contribution in [0, 0.1) is 11.8 Å². The van der Waals surface area contributed by atoms with Gasteiger partial charge < -0.3 is 14.8 Å². The SMILES string of the molecule is O=C(c1ccc[nH]1)N1C[C@H]2CN(Cc3cccnc3)C(=O)[C@@H]2C1. The molecule has 2 saturated heterocycles. The van der Waals surface area contributed by atoms with Gasteiger partial charge in [-0.2, -0.15) is 0 Å². The van der Waals surface area contributed by atoms with Gasteiger partial charge in [0, 0.05) is 50.7 Å². The van der Waals surface area contributed by atoms with E-state index in [1.54, 1.807) is 29.6 Å². The van der Waals surface area contributed by atoms with Crippen LogP contribution < -0.4 is 0 Å². The van der Waals surface area contributed by atoms with Crippen molar-refractivity contribution in [2.24, 2.45) is 11.8 Å². The molecule has 0 spiro atoms. The van der Waals surface area contributed by atoms with Gasteiger partial charge in [-0.3, -0.25) is 14.6 Å². The Hall–Kier alpha value is -2.63. The number of fused-ring (bicyclic) bond motifs is 1. The summed E-state index contributed by atoms with van der Waals surface area (Å²) in [5.74, 6) is 0.306. The van der Waals surface area contributed by atoms with E-state index in [2.05, 4.69) is 9.97 Å². The lowest BCUT2D eigenvalue weighted by atomic mass is 10.0. The van der Waals surface area contributed by atoms with Crippen molar-refractivity contribution in [3.05, 3.63) is 54.1 Å². The van der Waals surface area contributed by atoms with E-state index in [1.807, 2.05) is 23.1 Å². The van der Waals surface area contributed by atoms with Crippen LogP contribution in [0.4, 0.5) is 0 Å². The lowest BCUT2D eigenvalue weighted by molar-refractivity contribution is -0.131. The summed E-state index contributed by atoms with van der Waals surface area (Å²) in [4.78, 5) is 35.7. The van der Waals surface area contributed by atoms with Crippen molar-refractivity contribution in [2.75, 3.05) is 19.6 Å². The first-order valence-corrected chi connectivity index (χ1v) is 7.83. The highest BCUT2D eigenvalue weighted by Crippen LogP contribution is 2.33. The number of likely N-dealkylation sites (tertiary alicyclic amines) is 2. The number of aromatic nitrogens is 2. The maximum atomic E-state index is 12.6. The number of rotatable bonds is 3. The van der Waals surface area contributed by atoms with Gasteiger partial charge in [-0.25, -0.2) is 0 Å². The molecule has 0 aromatic carbocycles. The van der Waals surface area contributed by atoms with Gasteiger partial charge in [0.05, 0.1) is 5.92 Å². The number of pyridine rings is 1. The van der Waals surface area contributed by atoms with Crippen LogP contribution in [0.5, 0.6) is 0 Å². The molecule has 4 rings (SSSR count). The Morgan fingerprint density at radius 2 is 2.17 bits per heavy atom. The van der Waals surface area contributed by atoms with Crippen molar-refractivity contribution in [1.82, 2.24) is 19.8 Å². The summed E-state index contributed by atoms with van der Waals surface area (Å²) >= 11 is 0. The van der Waals surface area contributed by atoms with E-state index in [9.17, 15) is 9.59 Å². The quantitative estimate of drug-likeness (QED) is 0.924. The predicted molar refractivity (Wildman–Crippen MR) is 83.3 cm³/mol. The molecule has 2 aromatic rings. The predicted octanol–water partition coefficient (Wildman–Crippen LogP) is 1.14. The molecule has 23 heavy (non-hydrogen) atoms. The summed E-state index contributed by atoms with van der Waals surface area (Å²) in [6.07, 6.45) is 5.27. The first-order valence-electron chi connectivity index (χ1n) is 7.83. The Balaban J connectivity index is 1.42. The summed E-state index contributed by atoms with van der Waals surface area (Å²) in [6.45, 7) is 2.49. The third-order valence-electron chi connectivity index (χ3n) is 4.74. The molecule has 0 unspecified atom stereocenters.